The average molecular weight is 270 g/mol. The molecule has 1 aromatic heterocycles. The highest BCUT2D eigenvalue weighted by molar-refractivity contribution is 7.15. The lowest BCUT2D eigenvalue weighted by Crippen LogP contribution is -2.43. The number of nitrogens with zero attached hydrogens (tertiary/aromatic N) is 2. The van der Waals surface area contributed by atoms with E-state index in [9.17, 15) is 4.79 Å². The van der Waals surface area contributed by atoms with Gasteiger partial charge in [-0.3, -0.25) is 4.79 Å². The third-order valence-corrected chi connectivity index (χ3v) is 4.18. The van der Waals surface area contributed by atoms with E-state index in [1.807, 2.05) is 6.92 Å². The van der Waals surface area contributed by atoms with Gasteiger partial charge in [0.05, 0.1) is 31.9 Å². The van der Waals surface area contributed by atoms with Gasteiger partial charge in [-0.05, 0) is 13.8 Å². The maximum atomic E-state index is 11.2. The number of thiazole rings is 1. The number of carbonyl (C=O) groups is 1. The molecule has 5 nitrogen and oxygen atoms in total. The molecule has 18 heavy (non-hydrogen) atoms. The second-order valence-electron chi connectivity index (χ2n) is 4.36. The van der Waals surface area contributed by atoms with Gasteiger partial charge in [-0.2, -0.15) is 0 Å². The summed E-state index contributed by atoms with van der Waals surface area (Å²) in [7, 11) is 1.40. The molecule has 0 radical (unpaired) electrons. The molecule has 0 amide bonds. The van der Waals surface area contributed by atoms with Crippen molar-refractivity contribution in [1.82, 2.24) is 4.98 Å². The molecular weight excluding hydrogens is 252 g/mol. The molecule has 1 aromatic rings. The van der Waals surface area contributed by atoms with Crippen LogP contribution in [0.1, 0.15) is 17.0 Å². The number of rotatable bonds is 3. The Morgan fingerprint density at radius 2 is 2.39 bits per heavy atom. The minimum absolute atomic E-state index is 0.101. The van der Waals surface area contributed by atoms with Gasteiger partial charge in [0.15, 0.2) is 5.13 Å². The van der Waals surface area contributed by atoms with E-state index in [1.54, 1.807) is 11.3 Å². The summed E-state index contributed by atoms with van der Waals surface area (Å²) >= 11 is 1.69. The van der Waals surface area contributed by atoms with Gasteiger partial charge in [0.2, 0.25) is 0 Å². The van der Waals surface area contributed by atoms with Crippen LogP contribution in [0, 0.1) is 13.8 Å². The molecule has 1 unspecified atom stereocenters. The summed E-state index contributed by atoms with van der Waals surface area (Å²) < 4.78 is 10.2. The minimum atomic E-state index is -0.228. The Morgan fingerprint density at radius 1 is 1.61 bits per heavy atom. The van der Waals surface area contributed by atoms with E-state index in [4.69, 9.17) is 4.74 Å². The zero-order chi connectivity index (χ0) is 13.1. The van der Waals surface area contributed by atoms with Gasteiger partial charge in [-0.25, -0.2) is 4.98 Å². The first-order valence-electron chi connectivity index (χ1n) is 5.97. The van der Waals surface area contributed by atoms with Crippen molar-refractivity contribution in [3.63, 3.8) is 0 Å². The molecule has 0 spiro atoms. The van der Waals surface area contributed by atoms with Crippen molar-refractivity contribution in [2.75, 3.05) is 31.7 Å². The lowest BCUT2D eigenvalue weighted by molar-refractivity contribution is -0.144. The summed E-state index contributed by atoms with van der Waals surface area (Å²) in [5.41, 5.74) is 1.08. The molecule has 2 heterocycles. The Morgan fingerprint density at radius 3 is 3.00 bits per heavy atom. The van der Waals surface area contributed by atoms with E-state index < -0.39 is 0 Å². The zero-order valence-corrected chi connectivity index (χ0v) is 11.7. The van der Waals surface area contributed by atoms with Crippen LogP contribution in [-0.2, 0) is 14.3 Å². The van der Waals surface area contributed by atoms with Crippen LogP contribution in [0.2, 0.25) is 0 Å². The summed E-state index contributed by atoms with van der Waals surface area (Å²) in [4.78, 5) is 19.2. The molecule has 0 bridgehead atoms. The number of carbonyl (C=O) groups excluding carboxylic acids is 1. The smallest absolute Gasteiger partial charge is 0.308 e. The molecule has 1 fully saturated rings. The van der Waals surface area contributed by atoms with Gasteiger partial charge in [-0.1, -0.05) is 0 Å². The number of morpholine rings is 1. The van der Waals surface area contributed by atoms with E-state index in [-0.39, 0.29) is 12.1 Å². The van der Waals surface area contributed by atoms with Crippen LogP contribution in [0.5, 0.6) is 0 Å². The monoisotopic (exact) mass is 270 g/mol. The Labute approximate surface area is 111 Å². The Balaban J connectivity index is 2.00. The maximum Gasteiger partial charge on any atom is 0.308 e. The molecule has 0 aromatic carbocycles. The SMILES string of the molecule is COC(=O)CC1CN(c2nc(C)c(C)s2)CCO1. The van der Waals surface area contributed by atoms with E-state index in [1.165, 1.54) is 12.0 Å². The van der Waals surface area contributed by atoms with E-state index >= 15 is 0 Å². The summed E-state index contributed by atoms with van der Waals surface area (Å²) in [5.74, 6) is -0.228. The number of hydrogen-bond acceptors (Lipinski definition) is 6. The Hall–Kier alpha value is -1.14. The van der Waals surface area contributed by atoms with Crippen LogP contribution in [0.25, 0.3) is 0 Å². The first-order chi connectivity index (χ1) is 8.60. The lowest BCUT2D eigenvalue weighted by Gasteiger charge is -2.32. The van der Waals surface area contributed by atoms with Crippen molar-refractivity contribution in [3.05, 3.63) is 10.6 Å². The molecule has 1 aliphatic heterocycles. The van der Waals surface area contributed by atoms with Crippen LogP contribution < -0.4 is 4.90 Å². The number of ether oxygens (including phenoxy) is 2. The van der Waals surface area contributed by atoms with Crippen LogP contribution in [-0.4, -0.2) is 43.9 Å². The Bertz CT molecular complexity index is 413. The number of esters is 1. The normalized spacial score (nSPS) is 19.9. The number of hydrogen-bond donors (Lipinski definition) is 0. The van der Waals surface area contributed by atoms with Gasteiger partial charge in [-0.15, -0.1) is 11.3 Å². The van der Waals surface area contributed by atoms with Gasteiger partial charge in [0.1, 0.15) is 0 Å². The molecule has 1 aliphatic rings. The van der Waals surface area contributed by atoms with Crippen molar-refractivity contribution in [1.29, 1.82) is 0 Å². The fourth-order valence-electron chi connectivity index (χ4n) is 1.88. The highest BCUT2D eigenvalue weighted by atomic mass is 32.1. The second-order valence-corrected chi connectivity index (χ2v) is 5.54. The van der Waals surface area contributed by atoms with Gasteiger partial charge < -0.3 is 14.4 Å². The topological polar surface area (TPSA) is 51.7 Å². The zero-order valence-electron chi connectivity index (χ0n) is 10.9. The van der Waals surface area contributed by atoms with Crippen LogP contribution in [0.15, 0.2) is 0 Å². The van der Waals surface area contributed by atoms with Crippen molar-refractivity contribution in [3.8, 4) is 0 Å². The average Bonchev–Trinajstić information content (AvgIpc) is 2.70. The molecule has 6 heteroatoms. The molecule has 0 N–H and O–H groups in total. The molecular formula is C12H18N2O3S. The predicted molar refractivity (Wildman–Crippen MR) is 70.2 cm³/mol. The van der Waals surface area contributed by atoms with Crippen molar-refractivity contribution in [2.24, 2.45) is 0 Å². The van der Waals surface area contributed by atoms with Crippen LogP contribution in [0.3, 0.4) is 0 Å². The quantitative estimate of drug-likeness (QED) is 0.780. The number of anilines is 1. The fourth-order valence-corrected chi connectivity index (χ4v) is 2.82. The van der Waals surface area contributed by atoms with Crippen LogP contribution in [0.4, 0.5) is 5.13 Å². The summed E-state index contributed by atoms with van der Waals surface area (Å²) in [6, 6.07) is 0. The van der Waals surface area contributed by atoms with Crippen LogP contribution >= 0.6 is 11.3 Å². The maximum absolute atomic E-state index is 11.2. The fraction of sp³-hybridized carbons (Fsp3) is 0.667. The number of aryl methyl sites for hydroxylation is 2. The summed E-state index contributed by atoms with van der Waals surface area (Å²) in [6.07, 6.45) is 0.201. The highest BCUT2D eigenvalue weighted by Gasteiger charge is 2.25. The van der Waals surface area contributed by atoms with Crippen molar-refractivity contribution < 1.29 is 14.3 Å². The molecule has 100 valence electrons. The summed E-state index contributed by atoms with van der Waals surface area (Å²) in [5, 5.41) is 1.02. The van der Waals surface area contributed by atoms with Gasteiger partial charge in [0.25, 0.3) is 0 Å². The number of methoxy groups -OCH3 is 1. The number of aromatic nitrogens is 1. The van der Waals surface area contributed by atoms with E-state index in [0.29, 0.717) is 19.6 Å². The third kappa shape index (κ3) is 3.00. The molecule has 1 atom stereocenters. The standard InChI is InChI=1S/C12H18N2O3S/c1-8-9(2)18-12(13-8)14-4-5-17-10(7-14)6-11(15)16-3/h10H,4-7H2,1-3H3. The molecule has 2 rings (SSSR count). The van der Waals surface area contributed by atoms with Gasteiger partial charge in [0, 0.05) is 18.0 Å². The third-order valence-electron chi connectivity index (χ3n) is 3.05. The minimum Gasteiger partial charge on any atom is -0.469 e. The first kappa shape index (κ1) is 13.3. The van der Waals surface area contributed by atoms with Crippen molar-refractivity contribution in [2.45, 2.75) is 26.4 Å². The molecule has 0 aliphatic carbocycles. The molecule has 1 saturated heterocycles. The molecule has 0 saturated carbocycles. The van der Waals surface area contributed by atoms with E-state index in [2.05, 4.69) is 21.5 Å². The van der Waals surface area contributed by atoms with E-state index in [0.717, 1.165) is 17.4 Å². The summed E-state index contributed by atoms with van der Waals surface area (Å²) in [6.45, 7) is 6.23. The van der Waals surface area contributed by atoms with Crippen molar-refractivity contribution >= 4 is 22.4 Å². The predicted octanol–water partition coefficient (Wildman–Crippen LogP) is 1.53. The van der Waals surface area contributed by atoms with Gasteiger partial charge >= 0.3 is 5.97 Å². The Kier molecular flexibility index (Phi) is 4.19. The lowest BCUT2D eigenvalue weighted by atomic mass is 10.2. The largest absolute Gasteiger partial charge is 0.469 e. The highest BCUT2D eigenvalue weighted by Crippen LogP contribution is 2.26. The first-order valence-corrected chi connectivity index (χ1v) is 6.79. The second kappa shape index (κ2) is 5.67.